The summed E-state index contributed by atoms with van der Waals surface area (Å²) >= 11 is 1.82. The molecule has 10 aromatic rings. The van der Waals surface area contributed by atoms with E-state index in [1.54, 1.807) is 0 Å². The summed E-state index contributed by atoms with van der Waals surface area (Å²) in [6, 6.07) is 70.3. The van der Waals surface area contributed by atoms with Gasteiger partial charge in [-0.2, -0.15) is 0 Å². The van der Waals surface area contributed by atoms with E-state index in [1.807, 2.05) is 11.3 Å². The molecule has 8 aromatic carbocycles. The minimum Gasteiger partial charge on any atom is -0.228 e. The highest BCUT2D eigenvalue weighted by Crippen LogP contribution is 2.60. The first-order chi connectivity index (χ1) is 26.8. The first-order valence-electron chi connectivity index (χ1n) is 18.4. The molecule has 0 saturated carbocycles. The summed E-state index contributed by atoms with van der Waals surface area (Å²) < 4.78 is 2.52. The van der Waals surface area contributed by atoms with Gasteiger partial charge in [-0.1, -0.05) is 176 Å². The van der Waals surface area contributed by atoms with Gasteiger partial charge in [-0.3, -0.25) is 0 Å². The predicted octanol–water partition coefficient (Wildman–Crippen LogP) is 13.4. The molecule has 0 radical (unpaired) electrons. The van der Waals surface area contributed by atoms with Crippen molar-refractivity contribution in [2.75, 3.05) is 0 Å². The number of benzene rings is 8. The first kappa shape index (κ1) is 30.9. The van der Waals surface area contributed by atoms with E-state index in [1.165, 1.54) is 64.3 Å². The van der Waals surface area contributed by atoms with E-state index >= 15 is 0 Å². The van der Waals surface area contributed by atoms with Crippen LogP contribution < -0.4 is 0 Å². The summed E-state index contributed by atoms with van der Waals surface area (Å²) in [5.41, 5.74) is 11.9. The van der Waals surface area contributed by atoms with Crippen molar-refractivity contribution in [1.29, 1.82) is 0 Å². The van der Waals surface area contributed by atoms with Gasteiger partial charge in [-0.15, -0.1) is 11.3 Å². The molecule has 0 saturated heterocycles. The van der Waals surface area contributed by atoms with Crippen molar-refractivity contribution in [3.05, 3.63) is 216 Å². The normalized spacial score (nSPS) is 13.0. The Kier molecular flexibility index (Phi) is 6.98. The van der Waals surface area contributed by atoms with Gasteiger partial charge in [0, 0.05) is 36.9 Å². The highest BCUT2D eigenvalue weighted by Gasteiger charge is 2.48. The van der Waals surface area contributed by atoms with Crippen LogP contribution in [0.25, 0.3) is 76.0 Å². The third-order valence-electron chi connectivity index (χ3n) is 11.2. The Balaban J connectivity index is 1.22. The van der Waals surface area contributed by atoms with Crippen molar-refractivity contribution in [1.82, 2.24) is 9.97 Å². The number of aromatic nitrogens is 2. The lowest BCUT2D eigenvalue weighted by molar-refractivity contribution is 0.775. The Hall–Kier alpha value is -6.68. The minimum atomic E-state index is -0.547. The first-order valence-corrected chi connectivity index (χ1v) is 19.2. The lowest BCUT2D eigenvalue weighted by Crippen LogP contribution is -2.28. The van der Waals surface area contributed by atoms with Gasteiger partial charge in [0.2, 0.25) is 0 Å². The zero-order valence-corrected chi connectivity index (χ0v) is 30.1. The smallest absolute Gasteiger partial charge is 0.160 e. The number of hydrogen-bond acceptors (Lipinski definition) is 3. The largest absolute Gasteiger partial charge is 0.228 e. The fourth-order valence-corrected chi connectivity index (χ4v) is 10.0. The molecule has 0 unspecified atom stereocenters. The average Bonchev–Trinajstić information content (AvgIpc) is 3.78. The molecule has 0 fully saturated rings. The summed E-state index contributed by atoms with van der Waals surface area (Å²) in [5.74, 6) is 0.720. The molecule has 0 N–H and O–H groups in total. The van der Waals surface area contributed by atoms with Crippen LogP contribution in [0.15, 0.2) is 194 Å². The highest BCUT2D eigenvalue weighted by atomic mass is 32.1. The van der Waals surface area contributed by atoms with E-state index in [2.05, 4.69) is 194 Å². The quantitative estimate of drug-likeness (QED) is 0.178. The molecule has 2 heterocycles. The Labute approximate surface area is 317 Å². The molecule has 2 nitrogen and oxygen atoms in total. The van der Waals surface area contributed by atoms with Gasteiger partial charge >= 0.3 is 0 Å². The molecule has 252 valence electrons. The summed E-state index contributed by atoms with van der Waals surface area (Å²) in [6.45, 7) is 0. The maximum atomic E-state index is 5.46. The van der Waals surface area contributed by atoms with E-state index in [4.69, 9.17) is 9.97 Å². The second-order valence-corrected chi connectivity index (χ2v) is 15.1. The van der Waals surface area contributed by atoms with E-state index in [-0.39, 0.29) is 0 Å². The van der Waals surface area contributed by atoms with Crippen LogP contribution in [0.2, 0.25) is 0 Å². The molecule has 0 amide bonds. The maximum absolute atomic E-state index is 5.46. The second kappa shape index (κ2) is 12.2. The topological polar surface area (TPSA) is 25.8 Å². The molecule has 0 atom stereocenters. The van der Waals surface area contributed by atoms with E-state index in [0.29, 0.717) is 0 Å². The van der Waals surface area contributed by atoms with Crippen molar-refractivity contribution in [2.45, 2.75) is 5.41 Å². The van der Waals surface area contributed by atoms with Gasteiger partial charge < -0.3 is 0 Å². The molecule has 1 aliphatic carbocycles. The van der Waals surface area contributed by atoms with Crippen molar-refractivity contribution in [3.63, 3.8) is 0 Å². The Morgan fingerprint density at radius 2 is 1.06 bits per heavy atom. The number of rotatable bonds is 5. The van der Waals surface area contributed by atoms with E-state index in [0.717, 1.165) is 33.9 Å². The van der Waals surface area contributed by atoms with E-state index < -0.39 is 5.41 Å². The van der Waals surface area contributed by atoms with Crippen LogP contribution in [0.3, 0.4) is 0 Å². The molecule has 1 aliphatic rings. The standard InChI is InChI=1S/C51H32N2S/c1-4-16-34(17-5-1)44-32-45(53-50(52-44)35-28-29-40-39-23-12-13-26-46(39)54-47(40)31-35)41-24-14-25-43-48(41)42-30-27-33-15-10-11-22-38(33)49(42)51(43,36-18-6-2-7-19-36)37-20-8-3-9-21-37/h1-32H. The second-order valence-electron chi connectivity index (χ2n) is 14.1. The lowest BCUT2D eigenvalue weighted by Gasteiger charge is -2.34. The van der Waals surface area contributed by atoms with Crippen molar-refractivity contribution in [3.8, 4) is 45.0 Å². The van der Waals surface area contributed by atoms with Gasteiger partial charge in [0.25, 0.3) is 0 Å². The summed E-state index contributed by atoms with van der Waals surface area (Å²) in [4.78, 5) is 10.7. The fraction of sp³-hybridized carbons (Fsp3) is 0.0196. The molecule has 0 spiro atoms. The Morgan fingerprint density at radius 3 is 1.83 bits per heavy atom. The van der Waals surface area contributed by atoms with Gasteiger partial charge in [0.1, 0.15) is 0 Å². The van der Waals surface area contributed by atoms with Crippen molar-refractivity contribution in [2.24, 2.45) is 0 Å². The molecule has 0 bridgehead atoms. The van der Waals surface area contributed by atoms with E-state index in [9.17, 15) is 0 Å². The van der Waals surface area contributed by atoms with Crippen LogP contribution in [0.4, 0.5) is 0 Å². The molecule has 2 aromatic heterocycles. The minimum absolute atomic E-state index is 0.547. The zero-order valence-electron chi connectivity index (χ0n) is 29.3. The molecular weight excluding hydrogens is 673 g/mol. The van der Waals surface area contributed by atoms with Crippen molar-refractivity contribution >= 4 is 42.3 Å². The van der Waals surface area contributed by atoms with Crippen LogP contribution >= 0.6 is 11.3 Å². The predicted molar refractivity (Wildman–Crippen MR) is 226 cm³/mol. The maximum Gasteiger partial charge on any atom is 0.160 e. The SMILES string of the molecule is c1ccc(-c2cc(-c3cccc4c3-c3ccc5ccccc5c3C4(c3ccccc3)c3ccccc3)nc(-c3ccc4c(c3)sc3ccccc34)n2)cc1. The molecule has 3 heteroatoms. The van der Waals surface area contributed by atoms with Gasteiger partial charge in [0.05, 0.1) is 16.8 Å². The third-order valence-corrected chi connectivity index (χ3v) is 12.3. The van der Waals surface area contributed by atoms with Crippen LogP contribution in [-0.2, 0) is 5.41 Å². The highest BCUT2D eigenvalue weighted by molar-refractivity contribution is 7.25. The fourth-order valence-electron chi connectivity index (χ4n) is 8.87. The van der Waals surface area contributed by atoms with Crippen LogP contribution in [0.5, 0.6) is 0 Å². The molecular formula is C51H32N2S. The van der Waals surface area contributed by atoms with Gasteiger partial charge in [-0.25, -0.2) is 9.97 Å². The average molecular weight is 705 g/mol. The number of thiophene rings is 1. The zero-order chi connectivity index (χ0) is 35.6. The monoisotopic (exact) mass is 704 g/mol. The summed E-state index contributed by atoms with van der Waals surface area (Å²) in [5, 5.41) is 5.04. The summed E-state index contributed by atoms with van der Waals surface area (Å²) in [7, 11) is 0. The number of hydrogen-bond donors (Lipinski definition) is 0. The number of fused-ring (bicyclic) bond motifs is 8. The molecule has 0 aliphatic heterocycles. The Morgan fingerprint density at radius 1 is 0.407 bits per heavy atom. The lowest BCUT2D eigenvalue weighted by atomic mass is 9.66. The van der Waals surface area contributed by atoms with Crippen LogP contribution in [0.1, 0.15) is 22.3 Å². The summed E-state index contributed by atoms with van der Waals surface area (Å²) in [6.07, 6.45) is 0. The van der Waals surface area contributed by atoms with Crippen molar-refractivity contribution < 1.29 is 0 Å². The molecule has 11 rings (SSSR count). The molecule has 54 heavy (non-hydrogen) atoms. The van der Waals surface area contributed by atoms with Gasteiger partial charge in [0.15, 0.2) is 5.82 Å². The van der Waals surface area contributed by atoms with Crippen LogP contribution in [-0.4, -0.2) is 9.97 Å². The number of nitrogens with zero attached hydrogens (tertiary/aromatic N) is 2. The van der Waals surface area contributed by atoms with Crippen LogP contribution in [0, 0.1) is 0 Å². The third kappa shape index (κ3) is 4.59. The van der Waals surface area contributed by atoms with Gasteiger partial charge in [-0.05, 0) is 62.4 Å². The Bertz CT molecular complexity index is 3000.